The van der Waals surface area contributed by atoms with Crippen LogP contribution in [0.2, 0.25) is 0 Å². The maximum Gasteiger partial charge on any atom is 0.226 e. The molecule has 2 N–H and O–H groups in total. The van der Waals surface area contributed by atoms with Gasteiger partial charge in [-0.2, -0.15) is 0 Å². The van der Waals surface area contributed by atoms with Crippen LogP contribution in [0.4, 0.5) is 5.69 Å². The van der Waals surface area contributed by atoms with Gasteiger partial charge in [0, 0.05) is 30.9 Å². The van der Waals surface area contributed by atoms with Crippen LogP contribution in [0.15, 0.2) is 45.8 Å². The van der Waals surface area contributed by atoms with Crippen molar-refractivity contribution in [2.75, 3.05) is 11.4 Å². The summed E-state index contributed by atoms with van der Waals surface area (Å²) in [5.74, 6) is 0.187. The van der Waals surface area contributed by atoms with E-state index in [4.69, 9.17) is 4.42 Å². The first-order valence-corrected chi connectivity index (χ1v) is 7.00. The zero-order valence-corrected chi connectivity index (χ0v) is 11.9. The van der Waals surface area contributed by atoms with Crippen molar-refractivity contribution in [3.8, 4) is 5.75 Å². The molecule has 0 radical (unpaired) electrons. The third-order valence-electron chi connectivity index (χ3n) is 3.68. The quantitative estimate of drug-likeness (QED) is 0.882. The molecular formula is C16H18N2O3. The standard InChI is InChI=1S/C16H18N2O3/c1-11-8-18(9-13-6-15(19)16(20)10-21-13)14-5-3-2-4-12(14)7-17-11/h2-6,10-11,17,20H,7-9H2,1H3. The molecule has 1 aliphatic heterocycles. The molecule has 0 aliphatic carbocycles. The number of hydrogen-bond donors (Lipinski definition) is 2. The van der Waals surface area contributed by atoms with Gasteiger partial charge in [0.1, 0.15) is 12.0 Å². The Kier molecular flexibility index (Phi) is 3.66. The van der Waals surface area contributed by atoms with Gasteiger partial charge in [0.15, 0.2) is 5.75 Å². The van der Waals surface area contributed by atoms with Crippen LogP contribution in [-0.2, 0) is 13.1 Å². The molecule has 1 atom stereocenters. The molecule has 0 bridgehead atoms. The van der Waals surface area contributed by atoms with Crippen LogP contribution in [0.3, 0.4) is 0 Å². The van der Waals surface area contributed by atoms with Crippen LogP contribution in [0.5, 0.6) is 5.75 Å². The fourth-order valence-electron chi connectivity index (χ4n) is 2.61. The molecule has 21 heavy (non-hydrogen) atoms. The van der Waals surface area contributed by atoms with Crippen molar-refractivity contribution in [2.24, 2.45) is 0 Å². The van der Waals surface area contributed by atoms with Crippen molar-refractivity contribution in [3.05, 3.63) is 58.1 Å². The zero-order chi connectivity index (χ0) is 14.8. The lowest BCUT2D eigenvalue weighted by Crippen LogP contribution is -2.35. The Morgan fingerprint density at radius 2 is 2.24 bits per heavy atom. The van der Waals surface area contributed by atoms with Crippen LogP contribution in [0.1, 0.15) is 18.2 Å². The van der Waals surface area contributed by atoms with Gasteiger partial charge in [0.05, 0.1) is 6.54 Å². The Balaban J connectivity index is 1.92. The van der Waals surface area contributed by atoms with Gasteiger partial charge in [-0.15, -0.1) is 0 Å². The summed E-state index contributed by atoms with van der Waals surface area (Å²) < 4.78 is 5.32. The van der Waals surface area contributed by atoms with Crippen LogP contribution < -0.4 is 15.6 Å². The van der Waals surface area contributed by atoms with E-state index in [0.29, 0.717) is 18.3 Å². The number of benzene rings is 1. The van der Waals surface area contributed by atoms with E-state index in [-0.39, 0.29) is 5.75 Å². The fraction of sp³-hybridized carbons (Fsp3) is 0.312. The second kappa shape index (κ2) is 5.61. The van der Waals surface area contributed by atoms with E-state index >= 15 is 0 Å². The first-order chi connectivity index (χ1) is 10.1. The first kappa shape index (κ1) is 13.7. The highest BCUT2D eigenvalue weighted by Gasteiger charge is 2.19. The van der Waals surface area contributed by atoms with E-state index in [1.54, 1.807) is 0 Å². The van der Waals surface area contributed by atoms with Crippen LogP contribution >= 0.6 is 0 Å². The van der Waals surface area contributed by atoms with Gasteiger partial charge >= 0.3 is 0 Å². The summed E-state index contributed by atoms with van der Waals surface area (Å²) >= 11 is 0. The molecule has 1 aromatic carbocycles. The van der Waals surface area contributed by atoms with Gasteiger partial charge in [-0.05, 0) is 18.6 Å². The summed E-state index contributed by atoms with van der Waals surface area (Å²) in [6.07, 6.45) is 1.10. The molecule has 2 aromatic rings. The van der Waals surface area contributed by atoms with Crippen molar-refractivity contribution in [1.82, 2.24) is 5.32 Å². The average molecular weight is 286 g/mol. The second-order valence-electron chi connectivity index (χ2n) is 5.39. The first-order valence-electron chi connectivity index (χ1n) is 7.00. The molecule has 1 aromatic heterocycles. The van der Waals surface area contributed by atoms with Gasteiger partial charge in [0.2, 0.25) is 5.43 Å². The molecule has 5 nitrogen and oxygen atoms in total. The fourth-order valence-corrected chi connectivity index (χ4v) is 2.61. The summed E-state index contributed by atoms with van der Waals surface area (Å²) in [5, 5.41) is 12.7. The van der Waals surface area contributed by atoms with Gasteiger partial charge in [-0.3, -0.25) is 4.79 Å². The molecule has 0 saturated carbocycles. The highest BCUT2D eigenvalue weighted by molar-refractivity contribution is 5.54. The van der Waals surface area contributed by atoms with Crippen molar-refractivity contribution >= 4 is 5.69 Å². The van der Waals surface area contributed by atoms with Gasteiger partial charge < -0.3 is 19.7 Å². The number of nitrogens with one attached hydrogen (secondary N) is 1. The minimum absolute atomic E-state index is 0.334. The van der Waals surface area contributed by atoms with E-state index in [0.717, 1.165) is 25.0 Å². The van der Waals surface area contributed by atoms with Crippen LogP contribution in [-0.4, -0.2) is 17.7 Å². The maximum absolute atomic E-state index is 11.5. The number of aromatic hydroxyl groups is 1. The lowest BCUT2D eigenvalue weighted by Gasteiger charge is -2.25. The van der Waals surface area contributed by atoms with E-state index in [1.165, 1.54) is 11.6 Å². The van der Waals surface area contributed by atoms with Crippen molar-refractivity contribution in [2.45, 2.75) is 26.1 Å². The summed E-state index contributed by atoms with van der Waals surface area (Å²) in [7, 11) is 0. The molecule has 3 rings (SSSR count). The third kappa shape index (κ3) is 2.92. The predicted molar refractivity (Wildman–Crippen MR) is 80.4 cm³/mol. The van der Waals surface area contributed by atoms with Gasteiger partial charge in [-0.1, -0.05) is 18.2 Å². The smallest absolute Gasteiger partial charge is 0.226 e. The highest BCUT2D eigenvalue weighted by Crippen LogP contribution is 2.25. The van der Waals surface area contributed by atoms with Crippen molar-refractivity contribution in [3.63, 3.8) is 0 Å². The molecule has 5 heteroatoms. The predicted octanol–water partition coefficient (Wildman–Crippen LogP) is 1.84. The van der Waals surface area contributed by atoms with E-state index in [1.807, 2.05) is 12.1 Å². The highest BCUT2D eigenvalue weighted by atomic mass is 16.4. The normalized spacial score (nSPS) is 18.1. The Morgan fingerprint density at radius 3 is 3.05 bits per heavy atom. The summed E-state index contributed by atoms with van der Waals surface area (Å²) in [5.41, 5.74) is 1.96. The largest absolute Gasteiger partial charge is 0.502 e. The number of hydrogen-bond acceptors (Lipinski definition) is 5. The summed E-state index contributed by atoms with van der Waals surface area (Å²) in [6.45, 7) is 4.28. The number of anilines is 1. The van der Waals surface area contributed by atoms with E-state index in [2.05, 4.69) is 29.3 Å². The molecule has 0 fully saturated rings. The molecule has 1 aliphatic rings. The number of rotatable bonds is 2. The van der Waals surface area contributed by atoms with Crippen molar-refractivity contribution < 1.29 is 9.52 Å². The van der Waals surface area contributed by atoms with Gasteiger partial charge in [-0.25, -0.2) is 0 Å². The van der Waals surface area contributed by atoms with Crippen LogP contribution in [0.25, 0.3) is 0 Å². The minimum Gasteiger partial charge on any atom is -0.502 e. The molecule has 110 valence electrons. The topological polar surface area (TPSA) is 65.7 Å². The molecular weight excluding hydrogens is 268 g/mol. The lowest BCUT2D eigenvalue weighted by atomic mass is 10.1. The molecule has 0 spiro atoms. The third-order valence-corrected chi connectivity index (χ3v) is 3.68. The molecule has 1 unspecified atom stereocenters. The maximum atomic E-state index is 11.5. The summed E-state index contributed by atoms with van der Waals surface area (Å²) in [4.78, 5) is 13.7. The Bertz CT molecular complexity index is 696. The van der Waals surface area contributed by atoms with Crippen LogP contribution in [0, 0.1) is 0 Å². The monoisotopic (exact) mass is 286 g/mol. The molecule has 0 saturated heterocycles. The Labute approximate surface area is 122 Å². The number of fused-ring (bicyclic) bond motifs is 1. The number of nitrogens with zero attached hydrogens (tertiary/aromatic N) is 1. The minimum atomic E-state index is -0.412. The summed E-state index contributed by atoms with van der Waals surface area (Å²) in [6, 6.07) is 9.89. The Morgan fingerprint density at radius 1 is 1.43 bits per heavy atom. The second-order valence-corrected chi connectivity index (χ2v) is 5.39. The SMILES string of the molecule is CC1CN(Cc2cc(=O)c(O)co2)c2ccccc2CN1. The molecule has 0 amide bonds. The zero-order valence-electron chi connectivity index (χ0n) is 11.9. The van der Waals surface area contributed by atoms with Crippen molar-refractivity contribution in [1.29, 1.82) is 0 Å². The number of para-hydroxylation sites is 1. The molecule has 2 heterocycles. The van der Waals surface area contributed by atoms with E-state index in [9.17, 15) is 9.90 Å². The average Bonchev–Trinajstić information content (AvgIpc) is 2.63. The van der Waals surface area contributed by atoms with Gasteiger partial charge in [0.25, 0.3) is 0 Å². The lowest BCUT2D eigenvalue weighted by molar-refractivity contribution is 0.410. The van der Waals surface area contributed by atoms with E-state index < -0.39 is 5.43 Å². The Hall–Kier alpha value is -2.27.